The maximum atomic E-state index is 12.9. The quantitative estimate of drug-likeness (QED) is 0.753. The van der Waals surface area contributed by atoms with E-state index in [1.165, 1.54) is 10.4 Å². The Labute approximate surface area is 172 Å². The second-order valence-corrected chi connectivity index (χ2v) is 9.41. The molecule has 0 saturated carbocycles. The van der Waals surface area contributed by atoms with E-state index in [4.69, 9.17) is 4.74 Å². The standard InChI is InChI=1S/C22H28N2O4S/c1-17-11-14-24(15-12-17)29(26,27)21-5-3-4-19(16-21)22(25)23-13-10-18-6-8-20(28-2)9-7-18/h3-9,16-17H,10-15H2,1-2H3,(H,23,25). The number of benzene rings is 2. The van der Waals surface area contributed by atoms with Crippen LogP contribution in [0.2, 0.25) is 0 Å². The highest BCUT2D eigenvalue weighted by Gasteiger charge is 2.28. The molecule has 29 heavy (non-hydrogen) atoms. The third kappa shape index (κ3) is 5.36. The van der Waals surface area contributed by atoms with Gasteiger partial charge in [0.25, 0.3) is 5.91 Å². The topological polar surface area (TPSA) is 75.7 Å². The number of hydrogen-bond donors (Lipinski definition) is 1. The van der Waals surface area contributed by atoms with Crippen LogP contribution in [0.4, 0.5) is 0 Å². The van der Waals surface area contributed by atoms with Gasteiger partial charge in [-0.05, 0) is 61.1 Å². The second-order valence-electron chi connectivity index (χ2n) is 7.47. The van der Waals surface area contributed by atoms with E-state index in [0.29, 0.717) is 37.5 Å². The van der Waals surface area contributed by atoms with Crippen LogP contribution in [0.15, 0.2) is 53.4 Å². The maximum absolute atomic E-state index is 12.9. The average molecular weight is 417 g/mol. The third-order valence-corrected chi connectivity index (χ3v) is 7.23. The van der Waals surface area contributed by atoms with E-state index in [2.05, 4.69) is 12.2 Å². The molecule has 0 aliphatic carbocycles. The van der Waals surface area contributed by atoms with Crippen molar-refractivity contribution in [3.05, 3.63) is 59.7 Å². The molecule has 1 heterocycles. The molecule has 0 bridgehead atoms. The summed E-state index contributed by atoms with van der Waals surface area (Å²) in [5.74, 6) is 1.06. The number of carbonyl (C=O) groups excluding carboxylic acids is 1. The Balaban J connectivity index is 1.61. The summed E-state index contributed by atoms with van der Waals surface area (Å²) in [5, 5.41) is 2.86. The average Bonchev–Trinajstić information content (AvgIpc) is 2.74. The van der Waals surface area contributed by atoms with E-state index in [-0.39, 0.29) is 10.8 Å². The first-order valence-electron chi connectivity index (χ1n) is 9.91. The summed E-state index contributed by atoms with van der Waals surface area (Å²) in [6.07, 6.45) is 2.41. The molecular weight excluding hydrogens is 388 g/mol. The first-order chi connectivity index (χ1) is 13.9. The largest absolute Gasteiger partial charge is 0.497 e. The van der Waals surface area contributed by atoms with E-state index < -0.39 is 10.0 Å². The lowest BCUT2D eigenvalue weighted by molar-refractivity contribution is 0.0954. The van der Waals surface area contributed by atoms with Crippen LogP contribution in [0.3, 0.4) is 0 Å². The molecule has 1 N–H and O–H groups in total. The molecule has 1 aliphatic heterocycles. The van der Waals surface area contributed by atoms with Crippen molar-refractivity contribution in [3.63, 3.8) is 0 Å². The lowest BCUT2D eigenvalue weighted by Gasteiger charge is -2.29. The number of sulfonamides is 1. The molecule has 0 radical (unpaired) electrons. The summed E-state index contributed by atoms with van der Waals surface area (Å²) in [6.45, 7) is 3.66. The highest BCUT2D eigenvalue weighted by molar-refractivity contribution is 7.89. The second kappa shape index (κ2) is 9.41. The smallest absolute Gasteiger partial charge is 0.251 e. The van der Waals surface area contributed by atoms with Crippen molar-refractivity contribution in [2.75, 3.05) is 26.7 Å². The molecule has 0 unspecified atom stereocenters. The summed E-state index contributed by atoms with van der Waals surface area (Å²) >= 11 is 0. The highest BCUT2D eigenvalue weighted by Crippen LogP contribution is 2.24. The summed E-state index contributed by atoms with van der Waals surface area (Å²) < 4.78 is 32.5. The Kier molecular flexibility index (Phi) is 6.92. The Bertz CT molecular complexity index is 934. The van der Waals surface area contributed by atoms with Gasteiger partial charge in [-0.15, -0.1) is 0 Å². The van der Waals surface area contributed by atoms with E-state index in [0.717, 1.165) is 24.2 Å². The van der Waals surface area contributed by atoms with Crippen LogP contribution in [0, 0.1) is 5.92 Å². The Hall–Kier alpha value is -2.38. The molecule has 1 aliphatic rings. The first kappa shape index (κ1) is 21.3. The minimum Gasteiger partial charge on any atom is -0.497 e. The molecular formula is C22H28N2O4S. The van der Waals surface area contributed by atoms with Gasteiger partial charge in [-0.3, -0.25) is 4.79 Å². The first-order valence-corrected chi connectivity index (χ1v) is 11.4. The number of amides is 1. The van der Waals surface area contributed by atoms with Gasteiger partial charge in [0.2, 0.25) is 10.0 Å². The Morgan fingerprint density at radius 3 is 2.48 bits per heavy atom. The van der Waals surface area contributed by atoms with Crippen LogP contribution in [-0.4, -0.2) is 45.4 Å². The van der Waals surface area contributed by atoms with Gasteiger partial charge in [-0.1, -0.05) is 25.1 Å². The number of nitrogens with zero attached hydrogens (tertiary/aromatic N) is 1. The minimum absolute atomic E-state index is 0.176. The van der Waals surface area contributed by atoms with Gasteiger partial charge in [-0.25, -0.2) is 8.42 Å². The molecule has 156 valence electrons. The van der Waals surface area contributed by atoms with Crippen LogP contribution < -0.4 is 10.1 Å². The van der Waals surface area contributed by atoms with E-state index >= 15 is 0 Å². The van der Waals surface area contributed by atoms with Crippen molar-refractivity contribution in [2.24, 2.45) is 5.92 Å². The van der Waals surface area contributed by atoms with E-state index in [1.54, 1.807) is 25.3 Å². The fraction of sp³-hybridized carbons (Fsp3) is 0.409. The van der Waals surface area contributed by atoms with Crippen LogP contribution in [-0.2, 0) is 16.4 Å². The molecule has 0 spiro atoms. The number of piperidine rings is 1. The predicted molar refractivity (Wildman–Crippen MR) is 113 cm³/mol. The molecule has 3 rings (SSSR count). The predicted octanol–water partition coefficient (Wildman–Crippen LogP) is 3.09. The van der Waals surface area contributed by atoms with Gasteiger partial charge < -0.3 is 10.1 Å². The number of nitrogens with one attached hydrogen (secondary N) is 1. The minimum atomic E-state index is -3.57. The molecule has 2 aromatic carbocycles. The van der Waals surface area contributed by atoms with E-state index in [9.17, 15) is 13.2 Å². The van der Waals surface area contributed by atoms with Gasteiger partial charge >= 0.3 is 0 Å². The zero-order valence-corrected chi connectivity index (χ0v) is 17.7. The van der Waals surface area contributed by atoms with Gasteiger partial charge in [-0.2, -0.15) is 4.31 Å². The Morgan fingerprint density at radius 1 is 1.14 bits per heavy atom. The monoisotopic (exact) mass is 416 g/mol. The summed E-state index contributed by atoms with van der Waals surface area (Å²) in [4.78, 5) is 12.7. The van der Waals surface area contributed by atoms with Crippen molar-refractivity contribution in [2.45, 2.75) is 31.1 Å². The molecule has 6 nitrogen and oxygen atoms in total. The zero-order chi connectivity index (χ0) is 20.9. The highest BCUT2D eigenvalue weighted by atomic mass is 32.2. The van der Waals surface area contributed by atoms with E-state index in [1.807, 2.05) is 24.3 Å². The molecule has 1 saturated heterocycles. The number of carbonyl (C=O) groups is 1. The number of rotatable bonds is 7. The number of hydrogen-bond acceptors (Lipinski definition) is 4. The molecule has 0 atom stereocenters. The molecule has 0 aromatic heterocycles. The number of methoxy groups -OCH3 is 1. The van der Waals surface area contributed by atoms with Crippen molar-refractivity contribution >= 4 is 15.9 Å². The molecule has 1 fully saturated rings. The lowest BCUT2D eigenvalue weighted by atomic mass is 10.0. The molecule has 7 heteroatoms. The molecule has 2 aromatic rings. The molecule has 1 amide bonds. The SMILES string of the molecule is COc1ccc(CCNC(=O)c2cccc(S(=O)(=O)N3CCC(C)CC3)c2)cc1. The van der Waals surface area contributed by atoms with Crippen LogP contribution >= 0.6 is 0 Å². The van der Waals surface area contributed by atoms with Gasteiger partial charge in [0.15, 0.2) is 0 Å². The normalized spacial score (nSPS) is 15.8. The van der Waals surface area contributed by atoms with Crippen molar-refractivity contribution in [1.29, 1.82) is 0 Å². The summed E-state index contributed by atoms with van der Waals surface area (Å²) in [6, 6.07) is 14.0. The van der Waals surface area contributed by atoms with Crippen molar-refractivity contribution in [1.82, 2.24) is 9.62 Å². The summed E-state index contributed by atoms with van der Waals surface area (Å²) in [7, 11) is -1.95. The number of ether oxygens (including phenoxy) is 1. The van der Waals surface area contributed by atoms with Crippen LogP contribution in [0.25, 0.3) is 0 Å². The lowest BCUT2D eigenvalue weighted by Crippen LogP contribution is -2.38. The Morgan fingerprint density at radius 2 is 1.83 bits per heavy atom. The van der Waals surface area contributed by atoms with Crippen molar-refractivity contribution in [3.8, 4) is 5.75 Å². The zero-order valence-electron chi connectivity index (χ0n) is 16.9. The van der Waals surface area contributed by atoms with Crippen molar-refractivity contribution < 1.29 is 17.9 Å². The summed E-state index contributed by atoms with van der Waals surface area (Å²) in [5.41, 5.74) is 1.44. The van der Waals surface area contributed by atoms with Gasteiger partial charge in [0.05, 0.1) is 12.0 Å². The third-order valence-electron chi connectivity index (χ3n) is 5.33. The van der Waals surface area contributed by atoms with Gasteiger partial charge in [0.1, 0.15) is 5.75 Å². The van der Waals surface area contributed by atoms with Crippen LogP contribution in [0.1, 0.15) is 35.7 Å². The fourth-order valence-electron chi connectivity index (χ4n) is 3.39. The fourth-order valence-corrected chi connectivity index (χ4v) is 4.90. The maximum Gasteiger partial charge on any atom is 0.251 e. The van der Waals surface area contributed by atoms with Gasteiger partial charge in [0, 0.05) is 25.2 Å². The van der Waals surface area contributed by atoms with Crippen LogP contribution in [0.5, 0.6) is 5.75 Å².